The molecular weight excluding hydrogens is 287 g/mol. The summed E-state index contributed by atoms with van der Waals surface area (Å²) in [7, 11) is 1.61. The smallest absolute Gasteiger partial charge is 0.253 e. The summed E-state index contributed by atoms with van der Waals surface area (Å²) < 4.78 is 18.8. The number of likely N-dealkylation sites (N-methyl/N-ethyl adjacent to an activating group) is 1. The SMILES string of the molecule is Cc1ccc(C(=O)N(C)CC(O)CN2CCOCC2)cc1F. The molecule has 1 amide bonds. The number of morpholine rings is 1. The number of rotatable bonds is 5. The summed E-state index contributed by atoms with van der Waals surface area (Å²) in [5, 5.41) is 10.1. The molecule has 0 aliphatic carbocycles. The standard InChI is InChI=1S/C16H23FN2O3/c1-12-3-4-13(9-15(12)17)16(21)18(2)10-14(20)11-19-5-7-22-8-6-19/h3-4,9,14,20H,5-8,10-11H2,1-2H3. The van der Waals surface area contributed by atoms with Crippen LogP contribution in [0.2, 0.25) is 0 Å². The predicted molar refractivity (Wildman–Crippen MR) is 81.4 cm³/mol. The molecule has 0 bridgehead atoms. The van der Waals surface area contributed by atoms with E-state index in [-0.39, 0.29) is 12.5 Å². The number of carbonyl (C=O) groups excluding carboxylic acids is 1. The zero-order valence-corrected chi connectivity index (χ0v) is 13.1. The molecule has 22 heavy (non-hydrogen) atoms. The van der Waals surface area contributed by atoms with Gasteiger partial charge in [0.25, 0.3) is 5.91 Å². The van der Waals surface area contributed by atoms with E-state index in [0.29, 0.717) is 30.9 Å². The maximum absolute atomic E-state index is 13.5. The van der Waals surface area contributed by atoms with E-state index in [1.54, 1.807) is 26.1 Å². The van der Waals surface area contributed by atoms with Crippen LogP contribution in [-0.4, -0.2) is 73.4 Å². The second-order valence-electron chi connectivity index (χ2n) is 5.72. The minimum Gasteiger partial charge on any atom is -0.390 e. The van der Waals surface area contributed by atoms with E-state index in [1.807, 2.05) is 0 Å². The highest BCUT2D eigenvalue weighted by Gasteiger charge is 2.19. The van der Waals surface area contributed by atoms with E-state index in [2.05, 4.69) is 4.90 Å². The highest BCUT2D eigenvalue weighted by molar-refractivity contribution is 5.94. The topological polar surface area (TPSA) is 53.0 Å². The molecular formula is C16H23FN2O3. The highest BCUT2D eigenvalue weighted by Crippen LogP contribution is 2.11. The summed E-state index contributed by atoms with van der Waals surface area (Å²) in [5.41, 5.74) is 0.802. The van der Waals surface area contributed by atoms with Gasteiger partial charge in [-0.2, -0.15) is 0 Å². The van der Waals surface area contributed by atoms with Crippen LogP contribution >= 0.6 is 0 Å². The molecule has 1 atom stereocenters. The van der Waals surface area contributed by atoms with Crippen LogP contribution in [0, 0.1) is 12.7 Å². The lowest BCUT2D eigenvalue weighted by atomic mass is 10.1. The Bertz CT molecular complexity index is 518. The van der Waals surface area contributed by atoms with E-state index in [4.69, 9.17) is 4.74 Å². The summed E-state index contributed by atoms with van der Waals surface area (Å²) in [6, 6.07) is 4.43. The molecule has 1 aliphatic rings. The van der Waals surface area contributed by atoms with Crippen LogP contribution in [0.25, 0.3) is 0 Å². The number of hydrogen-bond acceptors (Lipinski definition) is 4. The van der Waals surface area contributed by atoms with Crippen molar-refractivity contribution >= 4 is 5.91 Å². The molecule has 0 radical (unpaired) electrons. The van der Waals surface area contributed by atoms with Gasteiger partial charge in [-0.05, 0) is 24.6 Å². The fraction of sp³-hybridized carbons (Fsp3) is 0.562. The number of ether oxygens (including phenoxy) is 1. The predicted octanol–water partition coefficient (Wildman–Crippen LogP) is 0.899. The number of nitrogens with zero attached hydrogens (tertiary/aromatic N) is 2. The largest absolute Gasteiger partial charge is 0.390 e. The molecule has 6 heteroatoms. The van der Waals surface area contributed by atoms with Crippen LogP contribution in [0.15, 0.2) is 18.2 Å². The molecule has 2 rings (SSSR count). The van der Waals surface area contributed by atoms with Gasteiger partial charge in [0.1, 0.15) is 5.82 Å². The van der Waals surface area contributed by atoms with Crippen molar-refractivity contribution < 1.29 is 19.0 Å². The van der Waals surface area contributed by atoms with Crippen molar-refractivity contribution in [2.75, 3.05) is 46.4 Å². The Morgan fingerprint density at radius 1 is 1.45 bits per heavy atom. The lowest BCUT2D eigenvalue weighted by Crippen LogP contribution is -2.45. The van der Waals surface area contributed by atoms with Gasteiger partial charge in [0, 0.05) is 38.8 Å². The van der Waals surface area contributed by atoms with Crippen molar-refractivity contribution in [1.29, 1.82) is 0 Å². The molecule has 0 spiro atoms. The Labute approximate surface area is 130 Å². The lowest BCUT2D eigenvalue weighted by Gasteiger charge is -2.30. The summed E-state index contributed by atoms with van der Waals surface area (Å²) in [6.45, 7) is 5.29. The average Bonchev–Trinajstić information content (AvgIpc) is 2.50. The molecule has 0 aromatic heterocycles. The number of aliphatic hydroxyl groups is 1. The van der Waals surface area contributed by atoms with Crippen LogP contribution < -0.4 is 0 Å². The number of halogens is 1. The van der Waals surface area contributed by atoms with Gasteiger partial charge in [0.2, 0.25) is 0 Å². The number of benzene rings is 1. The lowest BCUT2D eigenvalue weighted by molar-refractivity contribution is 0.00878. The van der Waals surface area contributed by atoms with Gasteiger partial charge in [0.15, 0.2) is 0 Å². The number of amides is 1. The van der Waals surface area contributed by atoms with Gasteiger partial charge >= 0.3 is 0 Å². The van der Waals surface area contributed by atoms with Crippen molar-refractivity contribution in [1.82, 2.24) is 9.80 Å². The van der Waals surface area contributed by atoms with Gasteiger partial charge in [-0.3, -0.25) is 9.69 Å². The number of hydrogen-bond donors (Lipinski definition) is 1. The molecule has 1 fully saturated rings. The van der Waals surface area contributed by atoms with Gasteiger partial charge in [-0.1, -0.05) is 6.07 Å². The van der Waals surface area contributed by atoms with Crippen LogP contribution in [0.5, 0.6) is 0 Å². The molecule has 0 saturated carbocycles. The zero-order chi connectivity index (χ0) is 16.1. The number of aliphatic hydroxyl groups excluding tert-OH is 1. The van der Waals surface area contributed by atoms with Crippen molar-refractivity contribution in [3.8, 4) is 0 Å². The summed E-state index contributed by atoms with van der Waals surface area (Å²) in [6.07, 6.45) is -0.637. The Morgan fingerprint density at radius 2 is 2.14 bits per heavy atom. The van der Waals surface area contributed by atoms with E-state index in [0.717, 1.165) is 13.1 Å². The van der Waals surface area contributed by atoms with Gasteiger partial charge < -0.3 is 14.7 Å². The first-order valence-electron chi connectivity index (χ1n) is 7.47. The molecule has 1 unspecified atom stereocenters. The summed E-state index contributed by atoms with van der Waals surface area (Å²) >= 11 is 0. The molecule has 1 heterocycles. The summed E-state index contributed by atoms with van der Waals surface area (Å²) in [4.78, 5) is 15.8. The van der Waals surface area contributed by atoms with Crippen LogP contribution in [0.1, 0.15) is 15.9 Å². The molecule has 1 aliphatic heterocycles. The molecule has 5 nitrogen and oxygen atoms in total. The quantitative estimate of drug-likeness (QED) is 0.878. The number of carbonyl (C=O) groups is 1. The van der Waals surface area contributed by atoms with Crippen molar-refractivity contribution in [3.05, 3.63) is 35.1 Å². The van der Waals surface area contributed by atoms with E-state index in [9.17, 15) is 14.3 Å². The summed E-state index contributed by atoms with van der Waals surface area (Å²) in [5.74, 6) is -0.687. The van der Waals surface area contributed by atoms with Gasteiger partial charge in [-0.25, -0.2) is 4.39 Å². The van der Waals surface area contributed by atoms with E-state index >= 15 is 0 Å². The van der Waals surface area contributed by atoms with Gasteiger partial charge in [0.05, 0.1) is 19.3 Å². The second-order valence-corrected chi connectivity index (χ2v) is 5.72. The first kappa shape index (κ1) is 16.9. The van der Waals surface area contributed by atoms with E-state index in [1.165, 1.54) is 11.0 Å². The highest BCUT2D eigenvalue weighted by atomic mass is 19.1. The molecule has 1 N–H and O–H groups in total. The third-order valence-corrected chi connectivity index (χ3v) is 3.82. The molecule has 1 saturated heterocycles. The van der Waals surface area contributed by atoms with Gasteiger partial charge in [-0.15, -0.1) is 0 Å². The fourth-order valence-corrected chi connectivity index (χ4v) is 2.48. The fourth-order valence-electron chi connectivity index (χ4n) is 2.48. The zero-order valence-electron chi connectivity index (χ0n) is 13.1. The number of β-amino-alcohol motifs (C(OH)–C–C–N with tert-alkyl or cyclic N) is 1. The Morgan fingerprint density at radius 3 is 2.77 bits per heavy atom. The van der Waals surface area contributed by atoms with Crippen LogP contribution in [-0.2, 0) is 4.74 Å². The second kappa shape index (κ2) is 7.67. The first-order valence-corrected chi connectivity index (χ1v) is 7.47. The Kier molecular flexibility index (Phi) is 5.88. The number of aryl methyl sites for hydroxylation is 1. The first-order chi connectivity index (χ1) is 10.5. The minimum atomic E-state index is -0.637. The van der Waals surface area contributed by atoms with Crippen molar-refractivity contribution in [3.63, 3.8) is 0 Å². The molecule has 1 aromatic rings. The average molecular weight is 310 g/mol. The molecule has 1 aromatic carbocycles. The third kappa shape index (κ3) is 4.50. The maximum atomic E-state index is 13.5. The van der Waals surface area contributed by atoms with Crippen LogP contribution in [0.4, 0.5) is 4.39 Å². The van der Waals surface area contributed by atoms with Crippen molar-refractivity contribution in [2.45, 2.75) is 13.0 Å². The maximum Gasteiger partial charge on any atom is 0.253 e. The Hall–Kier alpha value is -1.50. The third-order valence-electron chi connectivity index (χ3n) is 3.82. The van der Waals surface area contributed by atoms with Crippen molar-refractivity contribution in [2.24, 2.45) is 0 Å². The van der Waals surface area contributed by atoms with Crippen LogP contribution in [0.3, 0.4) is 0 Å². The Balaban J connectivity index is 1.88. The van der Waals surface area contributed by atoms with E-state index < -0.39 is 11.9 Å². The molecule has 122 valence electrons. The monoisotopic (exact) mass is 310 g/mol. The minimum absolute atomic E-state index is 0.214. The normalized spacial score (nSPS) is 17.3.